The highest BCUT2D eigenvalue weighted by molar-refractivity contribution is 5.60. The predicted molar refractivity (Wildman–Crippen MR) is 77.2 cm³/mol. The van der Waals surface area contributed by atoms with Crippen molar-refractivity contribution in [3.8, 4) is 11.3 Å². The molecule has 1 aromatic carbocycles. The number of hydrogen-bond donors (Lipinski definition) is 1. The fourth-order valence-electron chi connectivity index (χ4n) is 2.66. The summed E-state index contributed by atoms with van der Waals surface area (Å²) in [6, 6.07) is 10.2. The Labute approximate surface area is 119 Å². The fourth-order valence-corrected chi connectivity index (χ4v) is 2.66. The van der Waals surface area contributed by atoms with Gasteiger partial charge in [0.15, 0.2) is 6.23 Å². The standard InChI is InChI=1S/C16H20N2O2/c1-12-5-4-6-13(9-12)15-10-14(11-19)18(17-15)16-7-2-3-8-20-16/h4-6,9-10,16,19H,2-3,7-8,11H2,1H3. The summed E-state index contributed by atoms with van der Waals surface area (Å²) in [6.45, 7) is 2.82. The van der Waals surface area contributed by atoms with Gasteiger partial charge in [-0.15, -0.1) is 0 Å². The predicted octanol–water partition coefficient (Wildman–Crippen LogP) is 3.05. The lowest BCUT2D eigenvalue weighted by atomic mass is 10.1. The van der Waals surface area contributed by atoms with Crippen molar-refractivity contribution in [1.82, 2.24) is 9.78 Å². The van der Waals surface area contributed by atoms with Crippen LogP contribution < -0.4 is 0 Å². The summed E-state index contributed by atoms with van der Waals surface area (Å²) in [5, 5.41) is 14.2. The minimum absolute atomic E-state index is 0.0152. The Hall–Kier alpha value is -1.65. The summed E-state index contributed by atoms with van der Waals surface area (Å²) < 4.78 is 7.61. The number of hydrogen-bond acceptors (Lipinski definition) is 3. The maximum Gasteiger partial charge on any atom is 0.150 e. The first kappa shape index (κ1) is 13.3. The Morgan fingerprint density at radius 1 is 1.35 bits per heavy atom. The summed E-state index contributed by atoms with van der Waals surface area (Å²) in [4.78, 5) is 0. The van der Waals surface area contributed by atoms with E-state index in [4.69, 9.17) is 4.74 Å². The van der Waals surface area contributed by atoms with E-state index in [1.54, 1.807) is 0 Å². The van der Waals surface area contributed by atoms with Crippen LogP contribution in [-0.2, 0) is 11.3 Å². The molecule has 0 aliphatic carbocycles. The van der Waals surface area contributed by atoms with Crippen LogP contribution in [-0.4, -0.2) is 21.5 Å². The van der Waals surface area contributed by atoms with Crippen LogP contribution in [0.25, 0.3) is 11.3 Å². The van der Waals surface area contributed by atoms with Crippen molar-refractivity contribution in [2.75, 3.05) is 6.61 Å². The Morgan fingerprint density at radius 2 is 2.25 bits per heavy atom. The van der Waals surface area contributed by atoms with E-state index >= 15 is 0 Å². The zero-order valence-corrected chi connectivity index (χ0v) is 11.7. The maximum atomic E-state index is 9.55. The van der Waals surface area contributed by atoms with Gasteiger partial charge in [0.25, 0.3) is 0 Å². The highest BCUT2D eigenvalue weighted by atomic mass is 16.5. The maximum absolute atomic E-state index is 9.55. The van der Waals surface area contributed by atoms with E-state index < -0.39 is 0 Å². The van der Waals surface area contributed by atoms with Crippen molar-refractivity contribution in [3.63, 3.8) is 0 Å². The van der Waals surface area contributed by atoms with E-state index in [9.17, 15) is 5.11 Å². The fraction of sp³-hybridized carbons (Fsp3) is 0.438. The first-order chi connectivity index (χ1) is 9.78. The quantitative estimate of drug-likeness (QED) is 0.934. The lowest BCUT2D eigenvalue weighted by Gasteiger charge is -2.24. The number of aryl methyl sites for hydroxylation is 1. The van der Waals surface area contributed by atoms with Crippen LogP contribution in [0.1, 0.15) is 36.7 Å². The van der Waals surface area contributed by atoms with Crippen LogP contribution in [0.3, 0.4) is 0 Å². The normalized spacial score (nSPS) is 19.2. The number of nitrogens with zero attached hydrogens (tertiary/aromatic N) is 2. The van der Waals surface area contributed by atoms with Gasteiger partial charge in [-0.1, -0.05) is 23.8 Å². The first-order valence-electron chi connectivity index (χ1n) is 7.16. The molecule has 1 N–H and O–H groups in total. The molecule has 1 aromatic heterocycles. The molecule has 3 rings (SSSR count). The number of rotatable bonds is 3. The van der Waals surface area contributed by atoms with Gasteiger partial charge in [0, 0.05) is 12.2 Å². The van der Waals surface area contributed by atoms with E-state index in [1.807, 2.05) is 22.9 Å². The van der Waals surface area contributed by atoms with Crippen LogP contribution >= 0.6 is 0 Å². The molecule has 0 bridgehead atoms. The Balaban J connectivity index is 1.95. The number of aliphatic hydroxyl groups excluding tert-OH is 1. The van der Waals surface area contributed by atoms with E-state index in [-0.39, 0.29) is 12.8 Å². The number of aliphatic hydroxyl groups is 1. The molecule has 1 atom stereocenters. The summed E-state index contributed by atoms with van der Waals surface area (Å²) >= 11 is 0. The van der Waals surface area contributed by atoms with Crippen molar-refractivity contribution in [3.05, 3.63) is 41.6 Å². The van der Waals surface area contributed by atoms with Crippen molar-refractivity contribution in [2.45, 2.75) is 39.0 Å². The Morgan fingerprint density at radius 3 is 2.95 bits per heavy atom. The summed E-state index contributed by atoms with van der Waals surface area (Å²) in [5.41, 5.74) is 3.99. The number of aromatic nitrogens is 2. The van der Waals surface area contributed by atoms with Gasteiger partial charge in [-0.2, -0.15) is 5.10 Å². The molecule has 0 amide bonds. The molecule has 1 fully saturated rings. The van der Waals surface area contributed by atoms with Crippen molar-refractivity contribution in [1.29, 1.82) is 0 Å². The second-order valence-corrected chi connectivity index (χ2v) is 5.31. The van der Waals surface area contributed by atoms with Crippen LogP contribution in [0.4, 0.5) is 0 Å². The molecule has 20 heavy (non-hydrogen) atoms. The molecule has 0 saturated carbocycles. The molecule has 1 aliphatic heterocycles. The SMILES string of the molecule is Cc1cccc(-c2cc(CO)n(C3CCCCO3)n2)c1. The van der Waals surface area contributed by atoms with Crippen LogP contribution in [0.2, 0.25) is 0 Å². The highest BCUT2D eigenvalue weighted by Gasteiger charge is 2.20. The molecule has 106 valence electrons. The molecular formula is C16H20N2O2. The van der Waals surface area contributed by atoms with E-state index in [0.29, 0.717) is 0 Å². The van der Waals surface area contributed by atoms with Crippen molar-refractivity contribution >= 4 is 0 Å². The largest absolute Gasteiger partial charge is 0.390 e. The molecule has 4 nitrogen and oxygen atoms in total. The van der Waals surface area contributed by atoms with E-state index in [0.717, 1.165) is 42.8 Å². The second kappa shape index (κ2) is 5.77. The van der Waals surface area contributed by atoms with Gasteiger partial charge in [-0.3, -0.25) is 0 Å². The molecule has 4 heteroatoms. The zero-order chi connectivity index (χ0) is 13.9. The minimum atomic E-state index is -0.0375. The molecule has 2 aromatic rings. The van der Waals surface area contributed by atoms with Crippen molar-refractivity contribution < 1.29 is 9.84 Å². The minimum Gasteiger partial charge on any atom is -0.390 e. The third-order valence-electron chi connectivity index (χ3n) is 3.72. The Bertz CT molecular complexity index is 586. The average molecular weight is 272 g/mol. The Kier molecular flexibility index (Phi) is 3.85. The van der Waals surface area contributed by atoms with Gasteiger partial charge < -0.3 is 9.84 Å². The molecule has 1 aliphatic rings. The van der Waals surface area contributed by atoms with Crippen LogP contribution in [0.15, 0.2) is 30.3 Å². The third kappa shape index (κ3) is 2.62. The molecular weight excluding hydrogens is 252 g/mol. The van der Waals surface area contributed by atoms with Gasteiger partial charge >= 0.3 is 0 Å². The average Bonchev–Trinajstić information content (AvgIpc) is 2.92. The number of ether oxygens (including phenoxy) is 1. The van der Waals surface area contributed by atoms with Gasteiger partial charge in [0.2, 0.25) is 0 Å². The lowest BCUT2D eigenvalue weighted by molar-refractivity contribution is -0.0425. The third-order valence-corrected chi connectivity index (χ3v) is 3.72. The summed E-state index contributed by atoms with van der Waals surface area (Å²) in [7, 11) is 0. The smallest absolute Gasteiger partial charge is 0.150 e. The van der Waals surface area contributed by atoms with Gasteiger partial charge in [0.1, 0.15) is 0 Å². The van der Waals surface area contributed by atoms with Crippen LogP contribution in [0, 0.1) is 6.92 Å². The van der Waals surface area contributed by atoms with E-state index in [2.05, 4.69) is 24.2 Å². The molecule has 1 saturated heterocycles. The topological polar surface area (TPSA) is 47.3 Å². The van der Waals surface area contributed by atoms with Crippen molar-refractivity contribution in [2.24, 2.45) is 0 Å². The summed E-state index contributed by atoms with van der Waals surface area (Å²) in [6.07, 6.45) is 3.18. The van der Waals surface area contributed by atoms with Crippen LogP contribution in [0.5, 0.6) is 0 Å². The molecule has 0 spiro atoms. The molecule has 2 heterocycles. The first-order valence-corrected chi connectivity index (χ1v) is 7.16. The van der Waals surface area contributed by atoms with Gasteiger partial charge in [0.05, 0.1) is 18.0 Å². The van der Waals surface area contributed by atoms with Gasteiger partial charge in [-0.25, -0.2) is 4.68 Å². The summed E-state index contributed by atoms with van der Waals surface area (Å²) in [5.74, 6) is 0. The monoisotopic (exact) mass is 272 g/mol. The zero-order valence-electron chi connectivity index (χ0n) is 11.7. The van der Waals surface area contributed by atoms with E-state index in [1.165, 1.54) is 5.56 Å². The molecule has 0 radical (unpaired) electrons. The lowest BCUT2D eigenvalue weighted by Crippen LogP contribution is -2.21. The highest BCUT2D eigenvalue weighted by Crippen LogP contribution is 2.27. The van der Waals surface area contributed by atoms with Gasteiger partial charge in [-0.05, 0) is 38.3 Å². The second-order valence-electron chi connectivity index (χ2n) is 5.31. The number of benzene rings is 1. The molecule has 1 unspecified atom stereocenters.